The topological polar surface area (TPSA) is 46.5 Å². The number of aliphatic hydroxyl groups excluding tert-OH is 1. The molecule has 1 aromatic rings. The maximum absolute atomic E-state index is 12.4. The third kappa shape index (κ3) is 3.85. The molecule has 0 heterocycles. The van der Waals surface area contributed by atoms with E-state index in [1.54, 1.807) is 0 Å². The van der Waals surface area contributed by atoms with Crippen LogP contribution in [-0.4, -0.2) is 17.7 Å². The van der Waals surface area contributed by atoms with Gasteiger partial charge in [0, 0.05) is 0 Å². The van der Waals surface area contributed by atoms with E-state index >= 15 is 0 Å². The summed E-state index contributed by atoms with van der Waals surface area (Å²) in [6, 6.07) is 9.31. The Morgan fingerprint density at radius 1 is 1.38 bits per heavy atom. The van der Waals surface area contributed by atoms with Crippen LogP contribution < -0.4 is 0 Å². The lowest BCUT2D eigenvalue weighted by Gasteiger charge is -2.41. The first-order valence-corrected chi connectivity index (χ1v) is 7.81. The van der Waals surface area contributed by atoms with Gasteiger partial charge in [-0.1, -0.05) is 57.5 Å². The van der Waals surface area contributed by atoms with Gasteiger partial charge in [0.15, 0.2) is 0 Å². The molecule has 0 unspecified atom stereocenters. The molecular formula is C18H26O3. The number of rotatable bonds is 4. The zero-order valence-corrected chi connectivity index (χ0v) is 13.2. The summed E-state index contributed by atoms with van der Waals surface area (Å²) in [4.78, 5) is 12.4. The molecule has 1 aromatic carbocycles. The minimum absolute atomic E-state index is 0.0214. The first-order chi connectivity index (χ1) is 9.92. The molecule has 116 valence electrons. The van der Waals surface area contributed by atoms with Crippen molar-refractivity contribution < 1.29 is 14.6 Å². The highest BCUT2D eigenvalue weighted by atomic mass is 16.5. The summed E-state index contributed by atoms with van der Waals surface area (Å²) in [5, 5.41) is 10.1. The quantitative estimate of drug-likeness (QED) is 0.860. The van der Waals surface area contributed by atoms with Crippen molar-refractivity contribution in [2.45, 2.75) is 46.1 Å². The molecule has 0 saturated heterocycles. The molecule has 21 heavy (non-hydrogen) atoms. The van der Waals surface area contributed by atoms with Crippen molar-refractivity contribution in [3.8, 4) is 0 Å². The van der Waals surface area contributed by atoms with E-state index in [1.165, 1.54) is 6.42 Å². The van der Waals surface area contributed by atoms with Crippen LogP contribution in [0.3, 0.4) is 0 Å². The largest absolute Gasteiger partial charge is 0.462 e. The molecule has 1 aliphatic rings. The lowest BCUT2D eigenvalue weighted by atomic mass is 9.64. The lowest BCUT2D eigenvalue weighted by molar-refractivity contribution is -0.160. The summed E-state index contributed by atoms with van der Waals surface area (Å²) in [5.74, 6) is 0.103. The molecule has 0 aliphatic heterocycles. The van der Waals surface area contributed by atoms with Crippen molar-refractivity contribution in [3.63, 3.8) is 0 Å². The fourth-order valence-electron chi connectivity index (χ4n) is 3.55. The van der Waals surface area contributed by atoms with Crippen LogP contribution >= 0.6 is 0 Å². The Morgan fingerprint density at radius 2 is 2.05 bits per heavy atom. The van der Waals surface area contributed by atoms with Gasteiger partial charge >= 0.3 is 5.97 Å². The molecule has 1 saturated carbocycles. The summed E-state index contributed by atoms with van der Waals surface area (Å²) >= 11 is 0. The van der Waals surface area contributed by atoms with E-state index in [2.05, 4.69) is 20.8 Å². The van der Waals surface area contributed by atoms with E-state index in [0.29, 0.717) is 5.92 Å². The van der Waals surface area contributed by atoms with Crippen molar-refractivity contribution in [1.29, 1.82) is 0 Å². The fourth-order valence-corrected chi connectivity index (χ4v) is 3.55. The van der Waals surface area contributed by atoms with E-state index in [0.717, 1.165) is 18.4 Å². The Kier molecular flexibility index (Phi) is 5.04. The van der Waals surface area contributed by atoms with Crippen molar-refractivity contribution in [2.24, 2.45) is 17.3 Å². The number of ether oxygens (including phenoxy) is 1. The van der Waals surface area contributed by atoms with E-state index in [9.17, 15) is 9.90 Å². The molecule has 1 N–H and O–H groups in total. The predicted octanol–water partition coefficient (Wildman–Crippen LogP) is 3.73. The molecule has 1 aliphatic carbocycles. The normalized spacial score (nSPS) is 26.1. The third-order valence-corrected chi connectivity index (χ3v) is 4.71. The molecule has 0 radical (unpaired) electrons. The zero-order valence-electron chi connectivity index (χ0n) is 13.2. The number of aliphatic hydroxyl groups is 1. The summed E-state index contributed by atoms with van der Waals surface area (Å²) in [7, 11) is 0. The van der Waals surface area contributed by atoms with Crippen LogP contribution in [0, 0.1) is 17.3 Å². The number of hydrogen-bond acceptors (Lipinski definition) is 3. The average Bonchev–Trinajstić information content (AvgIpc) is 2.44. The highest BCUT2D eigenvalue weighted by Gasteiger charge is 2.42. The fraction of sp³-hybridized carbons (Fsp3) is 0.611. The second-order valence-corrected chi connectivity index (χ2v) is 6.89. The standard InChI is InChI=1S/C18H26O3/c1-13-8-7-11-18(2,3)16(13)17(20)21-12-15(19)14-9-5-4-6-10-14/h4-6,9-10,13,15-16,19H,7-8,11-12H2,1-3H3/t13-,15+,16-/m0/s1. The molecule has 3 atom stereocenters. The minimum atomic E-state index is -0.753. The summed E-state index contributed by atoms with van der Waals surface area (Å²) in [5.41, 5.74) is 0.758. The Morgan fingerprint density at radius 3 is 2.67 bits per heavy atom. The van der Waals surface area contributed by atoms with Crippen molar-refractivity contribution in [2.75, 3.05) is 6.61 Å². The Hall–Kier alpha value is -1.35. The SMILES string of the molecule is C[C@H]1CCCC(C)(C)[C@@H]1C(=O)OC[C@@H](O)c1ccccc1. The van der Waals surface area contributed by atoms with E-state index in [-0.39, 0.29) is 23.9 Å². The van der Waals surface area contributed by atoms with Crippen LogP contribution in [0.4, 0.5) is 0 Å². The highest BCUT2D eigenvalue weighted by Crippen LogP contribution is 2.44. The first-order valence-electron chi connectivity index (χ1n) is 7.81. The Labute approximate surface area is 127 Å². The van der Waals surface area contributed by atoms with Gasteiger partial charge in [-0.05, 0) is 29.7 Å². The van der Waals surface area contributed by atoms with Gasteiger partial charge in [-0.3, -0.25) is 4.79 Å². The van der Waals surface area contributed by atoms with Crippen LogP contribution in [0.25, 0.3) is 0 Å². The molecule has 3 nitrogen and oxygen atoms in total. The van der Waals surface area contributed by atoms with Crippen LogP contribution in [0.5, 0.6) is 0 Å². The predicted molar refractivity (Wildman–Crippen MR) is 82.6 cm³/mol. The number of esters is 1. The van der Waals surface area contributed by atoms with Crippen LogP contribution in [-0.2, 0) is 9.53 Å². The first kappa shape index (κ1) is 16.0. The van der Waals surface area contributed by atoms with Gasteiger partial charge in [0.2, 0.25) is 0 Å². The summed E-state index contributed by atoms with van der Waals surface area (Å²) < 4.78 is 5.41. The monoisotopic (exact) mass is 290 g/mol. The number of hydrogen-bond donors (Lipinski definition) is 1. The Bertz CT molecular complexity index is 467. The number of benzene rings is 1. The van der Waals surface area contributed by atoms with Crippen LogP contribution in [0.1, 0.15) is 51.7 Å². The molecule has 0 spiro atoms. The van der Waals surface area contributed by atoms with Gasteiger partial charge in [0.25, 0.3) is 0 Å². The maximum atomic E-state index is 12.4. The van der Waals surface area contributed by atoms with Gasteiger partial charge in [-0.2, -0.15) is 0 Å². The van der Waals surface area contributed by atoms with Gasteiger partial charge in [0.05, 0.1) is 5.92 Å². The Balaban J connectivity index is 1.95. The van der Waals surface area contributed by atoms with Gasteiger partial charge in [-0.25, -0.2) is 0 Å². The zero-order chi connectivity index (χ0) is 15.5. The van der Waals surface area contributed by atoms with Crippen LogP contribution in [0.2, 0.25) is 0 Å². The second kappa shape index (κ2) is 6.61. The minimum Gasteiger partial charge on any atom is -0.462 e. The number of carbonyl (C=O) groups is 1. The van der Waals surface area contributed by atoms with Gasteiger partial charge in [-0.15, -0.1) is 0 Å². The third-order valence-electron chi connectivity index (χ3n) is 4.71. The number of carbonyl (C=O) groups excluding carboxylic acids is 1. The van der Waals surface area contributed by atoms with Crippen LogP contribution in [0.15, 0.2) is 30.3 Å². The molecule has 0 bridgehead atoms. The van der Waals surface area contributed by atoms with Gasteiger partial charge in [0.1, 0.15) is 12.7 Å². The van der Waals surface area contributed by atoms with Crippen molar-refractivity contribution in [1.82, 2.24) is 0 Å². The van der Waals surface area contributed by atoms with E-state index in [1.807, 2.05) is 30.3 Å². The summed E-state index contributed by atoms with van der Waals surface area (Å²) in [6.07, 6.45) is 2.55. The van der Waals surface area contributed by atoms with E-state index < -0.39 is 6.10 Å². The van der Waals surface area contributed by atoms with E-state index in [4.69, 9.17) is 4.74 Å². The summed E-state index contributed by atoms with van der Waals surface area (Å²) in [6.45, 7) is 6.44. The lowest BCUT2D eigenvalue weighted by Crippen LogP contribution is -2.40. The molecule has 2 rings (SSSR count). The highest BCUT2D eigenvalue weighted by molar-refractivity contribution is 5.74. The molecule has 3 heteroatoms. The maximum Gasteiger partial charge on any atom is 0.309 e. The van der Waals surface area contributed by atoms with Gasteiger partial charge < -0.3 is 9.84 Å². The molecular weight excluding hydrogens is 264 g/mol. The second-order valence-electron chi connectivity index (χ2n) is 6.89. The molecule has 1 fully saturated rings. The van der Waals surface area contributed by atoms with Crippen molar-refractivity contribution in [3.05, 3.63) is 35.9 Å². The molecule has 0 aromatic heterocycles. The smallest absolute Gasteiger partial charge is 0.309 e. The van der Waals surface area contributed by atoms with Crippen molar-refractivity contribution >= 4 is 5.97 Å². The molecule has 0 amide bonds. The average molecular weight is 290 g/mol.